The summed E-state index contributed by atoms with van der Waals surface area (Å²) in [5, 5.41) is 23.3. The van der Waals surface area contributed by atoms with Crippen molar-refractivity contribution in [3.05, 3.63) is 72.4 Å². The normalized spacial score (nSPS) is 15.3. The zero-order chi connectivity index (χ0) is 21.9. The maximum absolute atomic E-state index is 10.2. The van der Waals surface area contributed by atoms with E-state index < -0.39 is 0 Å². The van der Waals surface area contributed by atoms with E-state index in [2.05, 4.69) is 57.6 Å². The molecule has 0 atom stereocenters. The van der Waals surface area contributed by atoms with Crippen molar-refractivity contribution in [1.82, 2.24) is 15.1 Å². The van der Waals surface area contributed by atoms with E-state index in [0.717, 1.165) is 54.8 Å². The molecule has 6 heteroatoms. The van der Waals surface area contributed by atoms with Crippen LogP contribution >= 0.6 is 0 Å². The van der Waals surface area contributed by atoms with Gasteiger partial charge in [-0.3, -0.25) is 4.90 Å². The minimum atomic E-state index is -0.0742. The van der Waals surface area contributed by atoms with Crippen LogP contribution in [0.3, 0.4) is 0 Å². The van der Waals surface area contributed by atoms with Crippen molar-refractivity contribution in [1.29, 1.82) is 0 Å². The molecule has 0 aliphatic carbocycles. The van der Waals surface area contributed by atoms with Crippen molar-refractivity contribution < 1.29 is 9.84 Å². The summed E-state index contributed by atoms with van der Waals surface area (Å²) in [6, 6.07) is 21.3. The molecule has 1 saturated heterocycles. The number of piperidine rings is 1. The van der Waals surface area contributed by atoms with Crippen molar-refractivity contribution in [2.75, 3.05) is 31.8 Å². The first-order valence-electron chi connectivity index (χ1n) is 11.1. The van der Waals surface area contributed by atoms with Gasteiger partial charge in [0.1, 0.15) is 12.5 Å². The zero-order valence-corrected chi connectivity index (χ0v) is 18.3. The van der Waals surface area contributed by atoms with Gasteiger partial charge in [-0.05, 0) is 53.4 Å². The predicted octanol–water partition coefficient (Wildman–Crippen LogP) is 4.21. The van der Waals surface area contributed by atoms with E-state index in [-0.39, 0.29) is 12.8 Å². The molecule has 1 aromatic heterocycles. The van der Waals surface area contributed by atoms with Crippen LogP contribution in [0.15, 0.2) is 66.9 Å². The second kappa shape index (κ2) is 9.10. The Kier molecular flexibility index (Phi) is 5.88. The maximum Gasteiger partial charge on any atom is 0.161 e. The van der Waals surface area contributed by atoms with Gasteiger partial charge in [0.2, 0.25) is 0 Å². The number of rotatable bonds is 6. The quantitative estimate of drug-likeness (QED) is 0.464. The second-order valence-electron chi connectivity index (χ2n) is 8.42. The maximum atomic E-state index is 10.2. The SMILES string of the molecule is COc1ccc2c(N(CO)C3CCN(Cc4ccc5ccccc5c4)CC3)nncc2c1. The Bertz CT molecular complexity index is 1220. The van der Waals surface area contributed by atoms with Gasteiger partial charge < -0.3 is 14.7 Å². The average Bonchev–Trinajstić information content (AvgIpc) is 2.85. The zero-order valence-electron chi connectivity index (χ0n) is 18.3. The monoisotopic (exact) mass is 428 g/mol. The highest BCUT2D eigenvalue weighted by molar-refractivity contribution is 5.92. The molecule has 0 unspecified atom stereocenters. The molecule has 1 N–H and O–H groups in total. The lowest BCUT2D eigenvalue weighted by molar-refractivity contribution is 0.184. The Labute approximate surface area is 188 Å². The largest absolute Gasteiger partial charge is 0.497 e. The van der Waals surface area contributed by atoms with Crippen LogP contribution in [0.1, 0.15) is 18.4 Å². The summed E-state index contributed by atoms with van der Waals surface area (Å²) >= 11 is 0. The Morgan fingerprint density at radius 2 is 1.81 bits per heavy atom. The van der Waals surface area contributed by atoms with E-state index in [9.17, 15) is 5.11 Å². The molecule has 32 heavy (non-hydrogen) atoms. The minimum Gasteiger partial charge on any atom is -0.497 e. The van der Waals surface area contributed by atoms with Crippen LogP contribution in [0.25, 0.3) is 21.5 Å². The molecule has 0 bridgehead atoms. The number of nitrogens with zero attached hydrogens (tertiary/aromatic N) is 4. The number of ether oxygens (including phenoxy) is 1. The van der Waals surface area contributed by atoms with E-state index >= 15 is 0 Å². The summed E-state index contributed by atoms with van der Waals surface area (Å²) in [4.78, 5) is 4.49. The lowest BCUT2D eigenvalue weighted by Gasteiger charge is -2.38. The fraction of sp³-hybridized carbons (Fsp3) is 0.308. The van der Waals surface area contributed by atoms with Gasteiger partial charge in [0.25, 0.3) is 0 Å². The summed E-state index contributed by atoms with van der Waals surface area (Å²) in [5.41, 5.74) is 1.34. The third kappa shape index (κ3) is 4.11. The van der Waals surface area contributed by atoms with E-state index in [1.165, 1.54) is 16.3 Å². The summed E-state index contributed by atoms with van der Waals surface area (Å²) < 4.78 is 5.33. The lowest BCUT2D eigenvalue weighted by atomic mass is 10.0. The van der Waals surface area contributed by atoms with Crippen LogP contribution in [0.2, 0.25) is 0 Å². The van der Waals surface area contributed by atoms with Crippen molar-refractivity contribution in [2.45, 2.75) is 25.4 Å². The van der Waals surface area contributed by atoms with Crippen molar-refractivity contribution in [3.8, 4) is 5.75 Å². The van der Waals surface area contributed by atoms with Gasteiger partial charge in [-0.2, -0.15) is 5.10 Å². The topological polar surface area (TPSA) is 61.7 Å². The Hall–Kier alpha value is -3.22. The first-order chi connectivity index (χ1) is 15.7. The van der Waals surface area contributed by atoms with Crippen molar-refractivity contribution in [3.63, 3.8) is 0 Å². The van der Waals surface area contributed by atoms with Crippen molar-refractivity contribution in [2.24, 2.45) is 0 Å². The van der Waals surface area contributed by atoms with Crippen LogP contribution in [0.4, 0.5) is 5.82 Å². The Morgan fingerprint density at radius 1 is 1.00 bits per heavy atom. The smallest absolute Gasteiger partial charge is 0.161 e. The summed E-state index contributed by atoms with van der Waals surface area (Å²) in [7, 11) is 1.66. The van der Waals surface area contributed by atoms with Gasteiger partial charge in [0.15, 0.2) is 5.82 Å². The first-order valence-corrected chi connectivity index (χ1v) is 11.1. The average molecular weight is 429 g/mol. The number of aliphatic hydroxyl groups is 1. The molecule has 0 saturated carbocycles. The van der Waals surface area contributed by atoms with Gasteiger partial charge in [0, 0.05) is 36.4 Å². The molecule has 164 valence electrons. The standard InChI is InChI=1S/C26H28N4O2/c1-32-24-8-9-25-22(15-24)16-27-28-26(25)30(18-31)23-10-12-29(13-11-23)17-19-6-7-20-4-2-3-5-21(20)14-19/h2-9,14-16,23,31H,10-13,17-18H2,1H3. The highest BCUT2D eigenvalue weighted by Gasteiger charge is 2.26. The molecule has 0 spiro atoms. The number of hydrogen-bond donors (Lipinski definition) is 1. The van der Waals surface area contributed by atoms with E-state index in [1.54, 1.807) is 13.3 Å². The highest BCUT2D eigenvalue weighted by atomic mass is 16.5. The molecule has 0 radical (unpaired) electrons. The minimum absolute atomic E-state index is 0.0742. The molecule has 5 rings (SSSR count). The molecule has 4 aromatic rings. The van der Waals surface area contributed by atoms with Crippen LogP contribution < -0.4 is 9.64 Å². The molecule has 0 amide bonds. The molecule has 1 aliphatic heterocycles. The molecule has 1 aliphatic rings. The van der Waals surface area contributed by atoms with Crippen LogP contribution in [-0.2, 0) is 6.54 Å². The van der Waals surface area contributed by atoms with Gasteiger partial charge in [-0.15, -0.1) is 5.10 Å². The molecular weight excluding hydrogens is 400 g/mol. The Morgan fingerprint density at radius 3 is 2.59 bits per heavy atom. The number of aliphatic hydroxyl groups excluding tert-OH is 1. The molecule has 6 nitrogen and oxygen atoms in total. The lowest BCUT2D eigenvalue weighted by Crippen LogP contribution is -2.45. The van der Waals surface area contributed by atoms with Gasteiger partial charge >= 0.3 is 0 Å². The fourth-order valence-electron chi connectivity index (χ4n) is 4.73. The van der Waals surface area contributed by atoms with Gasteiger partial charge in [0.05, 0.1) is 13.3 Å². The summed E-state index contributed by atoms with van der Waals surface area (Å²) in [5.74, 6) is 1.52. The van der Waals surface area contributed by atoms with E-state index in [1.807, 2.05) is 23.1 Å². The fourth-order valence-corrected chi connectivity index (χ4v) is 4.73. The van der Waals surface area contributed by atoms with Crippen LogP contribution in [0, 0.1) is 0 Å². The molecule has 3 aromatic carbocycles. The van der Waals surface area contributed by atoms with Crippen LogP contribution in [0.5, 0.6) is 5.75 Å². The van der Waals surface area contributed by atoms with Crippen LogP contribution in [-0.4, -0.2) is 53.2 Å². The number of hydrogen-bond acceptors (Lipinski definition) is 6. The number of benzene rings is 3. The van der Waals surface area contributed by atoms with E-state index in [4.69, 9.17) is 4.74 Å². The molecule has 2 heterocycles. The third-order valence-corrected chi connectivity index (χ3v) is 6.49. The number of anilines is 1. The molecule has 1 fully saturated rings. The predicted molar refractivity (Wildman–Crippen MR) is 128 cm³/mol. The summed E-state index contributed by atoms with van der Waals surface area (Å²) in [6.45, 7) is 2.85. The van der Waals surface area contributed by atoms with Gasteiger partial charge in [-0.25, -0.2) is 0 Å². The van der Waals surface area contributed by atoms with Crippen molar-refractivity contribution >= 4 is 27.4 Å². The van der Waals surface area contributed by atoms with Gasteiger partial charge in [-0.1, -0.05) is 36.4 Å². The van der Waals surface area contributed by atoms with E-state index in [0.29, 0.717) is 0 Å². The number of aromatic nitrogens is 2. The molecular formula is C26H28N4O2. The third-order valence-electron chi connectivity index (χ3n) is 6.49. The number of methoxy groups -OCH3 is 1. The Balaban J connectivity index is 1.29. The number of fused-ring (bicyclic) bond motifs is 2. The highest BCUT2D eigenvalue weighted by Crippen LogP contribution is 2.30. The second-order valence-corrected chi connectivity index (χ2v) is 8.42. The summed E-state index contributed by atoms with van der Waals surface area (Å²) in [6.07, 6.45) is 3.69. The first kappa shape index (κ1) is 20.7. The number of likely N-dealkylation sites (tertiary alicyclic amines) is 1.